The quantitative estimate of drug-likeness (QED) is 0.460. The summed E-state index contributed by atoms with van der Waals surface area (Å²) < 4.78 is 0. The van der Waals surface area contributed by atoms with E-state index in [-0.39, 0.29) is 23.7 Å². The first-order valence-electron chi connectivity index (χ1n) is 12.2. The zero-order chi connectivity index (χ0) is 25.1. The third-order valence-electron chi connectivity index (χ3n) is 6.71. The summed E-state index contributed by atoms with van der Waals surface area (Å²) in [6.07, 6.45) is 9.69. The predicted octanol–water partition coefficient (Wildman–Crippen LogP) is 4.01. The molecular formula is C26H29N7O2S. The smallest absolute Gasteiger partial charge is 0.246 e. The van der Waals surface area contributed by atoms with E-state index in [1.165, 1.54) is 6.08 Å². The van der Waals surface area contributed by atoms with Crippen molar-refractivity contribution >= 4 is 39.8 Å². The van der Waals surface area contributed by atoms with Crippen LogP contribution < -0.4 is 10.2 Å². The molecule has 1 N–H and O–H groups in total. The van der Waals surface area contributed by atoms with Gasteiger partial charge < -0.3 is 15.1 Å². The van der Waals surface area contributed by atoms with Gasteiger partial charge in [0.05, 0.1) is 10.9 Å². The minimum Gasteiger partial charge on any atom is -0.356 e. The normalized spacial score (nSPS) is 19.5. The van der Waals surface area contributed by atoms with Crippen LogP contribution in [0.1, 0.15) is 31.5 Å². The van der Waals surface area contributed by atoms with E-state index in [0.717, 1.165) is 53.7 Å². The Morgan fingerprint density at radius 2 is 2.06 bits per heavy atom. The zero-order valence-corrected chi connectivity index (χ0v) is 21.1. The van der Waals surface area contributed by atoms with Crippen molar-refractivity contribution < 1.29 is 9.59 Å². The molecule has 1 amide bonds. The standard InChI is InChI=1S/C26H29N7O2S/c1-3-25(35)33-11-4-5-20(33)21(34)13-18-8-12-32(16-18)24-14-23(29-17(2)30-24)31-26-28-15-22(36-26)19-6-9-27-10-7-19/h3,6-7,9-10,14-15,18,20H,1,4-5,8,11-13,16H2,2H3,(H,28,29,30,31)/t18-,20+/m1/s1. The molecule has 10 heteroatoms. The van der Waals surface area contributed by atoms with Crippen LogP contribution in [0.25, 0.3) is 10.4 Å². The Morgan fingerprint density at radius 1 is 1.22 bits per heavy atom. The number of amides is 1. The highest BCUT2D eigenvalue weighted by Gasteiger charge is 2.35. The summed E-state index contributed by atoms with van der Waals surface area (Å²) in [6, 6.07) is 5.55. The number of pyridine rings is 1. The number of carbonyl (C=O) groups excluding carboxylic acids is 2. The number of hydrogen-bond acceptors (Lipinski definition) is 9. The van der Waals surface area contributed by atoms with Gasteiger partial charge in [-0.25, -0.2) is 15.0 Å². The molecule has 3 aromatic heterocycles. The first kappa shape index (κ1) is 24.1. The average molecular weight is 504 g/mol. The molecule has 186 valence electrons. The maximum atomic E-state index is 13.0. The van der Waals surface area contributed by atoms with Gasteiger partial charge in [0.15, 0.2) is 10.9 Å². The molecule has 2 atom stereocenters. The SMILES string of the molecule is C=CC(=O)N1CCC[C@H]1C(=O)C[C@H]1CCN(c2cc(Nc3ncc(-c4ccncc4)s3)nc(C)n2)C1. The van der Waals surface area contributed by atoms with Crippen molar-refractivity contribution in [2.75, 3.05) is 29.9 Å². The van der Waals surface area contributed by atoms with Crippen LogP contribution in [0.4, 0.5) is 16.8 Å². The van der Waals surface area contributed by atoms with Gasteiger partial charge in [0.25, 0.3) is 0 Å². The van der Waals surface area contributed by atoms with Crippen molar-refractivity contribution in [2.24, 2.45) is 5.92 Å². The highest BCUT2D eigenvalue weighted by Crippen LogP contribution is 2.32. The highest BCUT2D eigenvalue weighted by molar-refractivity contribution is 7.18. The number of thiazole rings is 1. The predicted molar refractivity (Wildman–Crippen MR) is 140 cm³/mol. The third kappa shape index (κ3) is 5.28. The van der Waals surface area contributed by atoms with Crippen molar-refractivity contribution in [3.63, 3.8) is 0 Å². The third-order valence-corrected chi connectivity index (χ3v) is 7.67. The van der Waals surface area contributed by atoms with E-state index in [9.17, 15) is 9.59 Å². The second kappa shape index (κ2) is 10.5. The second-order valence-corrected chi connectivity index (χ2v) is 10.2. The number of likely N-dealkylation sites (tertiary alicyclic amines) is 1. The maximum absolute atomic E-state index is 13.0. The summed E-state index contributed by atoms with van der Waals surface area (Å²) in [4.78, 5) is 47.8. The highest BCUT2D eigenvalue weighted by atomic mass is 32.1. The Labute approximate surface area is 214 Å². The van der Waals surface area contributed by atoms with E-state index in [2.05, 4.69) is 36.7 Å². The molecule has 3 aromatic rings. The summed E-state index contributed by atoms with van der Waals surface area (Å²) in [5.41, 5.74) is 1.07. The molecular weight excluding hydrogens is 474 g/mol. The van der Waals surface area contributed by atoms with Crippen molar-refractivity contribution in [2.45, 2.75) is 38.6 Å². The van der Waals surface area contributed by atoms with Crippen LogP contribution >= 0.6 is 11.3 Å². The number of ketones is 1. The molecule has 2 aliphatic heterocycles. The number of anilines is 3. The van der Waals surface area contributed by atoms with Crippen LogP contribution in [-0.4, -0.2) is 62.2 Å². The molecule has 36 heavy (non-hydrogen) atoms. The number of hydrogen-bond donors (Lipinski definition) is 1. The fourth-order valence-electron chi connectivity index (χ4n) is 4.98. The lowest BCUT2D eigenvalue weighted by molar-refractivity contribution is -0.134. The molecule has 0 spiro atoms. The van der Waals surface area contributed by atoms with Crippen LogP contribution in [0.2, 0.25) is 0 Å². The Kier molecular flexibility index (Phi) is 7.04. The Bertz CT molecular complexity index is 1260. The van der Waals surface area contributed by atoms with Crippen molar-refractivity contribution in [1.29, 1.82) is 0 Å². The Morgan fingerprint density at radius 3 is 2.86 bits per heavy atom. The van der Waals surface area contributed by atoms with Gasteiger partial charge in [-0.15, -0.1) is 0 Å². The number of rotatable bonds is 8. The number of Topliss-reactive ketones (excluding diaryl/α,β-unsaturated/α-hetero) is 1. The van der Waals surface area contributed by atoms with Crippen LogP contribution in [0.5, 0.6) is 0 Å². The molecule has 2 saturated heterocycles. The van der Waals surface area contributed by atoms with Crippen molar-refractivity contribution in [1.82, 2.24) is 24.8 Å². The van der Waals surface area contributed by atoms with Crippen LogP contribution in [-0.2, 0) is 9.59 Å². The summed E-state index contributed by atoms with van der Waals surface area (Å²) in [7, 11) is 0. The largest absolute Gasteiger partial charge is 0.356 e. The summed E-state index contributed by atoms with van der Waals surface area (Å²) in [5.74, 6) is 2.46. The van der Waals surface area contributed by atoms with Gasteiger partial charge in [-0.1, -0.05) is 17.9 Å². The van der Waals surface area contributed by atoms with Gasteiger partial charge in [-0.2, -0.15) is 0 Å². The Balaban J connectivity index is 1.22. The van der Waals surface area contributed by atoms with E-state index < -0.39 is 0 Å². The van der Waals surface area contributed by atoms with Gasteiger partial charge in [0.1, 0.15) is 17.5 Å². The molecule has 5 heterocycles. The molecule has 2 aliphatic rings. The number of aromatic nitrogens is 4. The molecule has 0 aromatic carbocycles. The second-order valence-electron chi connectivity index (χ2n) is 9.21. The summed E-state index contributed by atoms with van der Waals surface area (Å²) >= 11 is 1.55. The van der Waals surface area contributed by atoms with E-state index in [0.29, 0.717) is 24.6 Å². The summed E-state index contributed by atoms with van der Waals surface area (Å²) in [6.45, 7) is 7.67. The zero-order valence-electron chi connectivity index (χ0n) is 20.3. The molecule has 0 radical (unpaired) electrons. The lowest BCUT2D eigenvalue weighted by Gasteiger charge is -2.23. The minimum absolute atomic E-state index is 0.150. The average Bonchev–Trinajstić information content (AvgIpc) is 3.65. The molecule has 0 unspecified atom stereocenters. The van der Waals surface area contributed by atoms with Crippen molar-refractivity contribution in [3.8, 4) is 10.4 Å². The van der Waals surface area contributed by atoms with E-state index in [1.54, 1.807) is 28.6 Å². The number of nitrogens with one attached hydrogen (secondary N) is 1. The first-order chi connectivity index (χ1) is 17.5. The van der Waals surface area contributed by atoms with Gasteiger partial charge in [-0.3, -0.25) is 14.6 Å². The minimum atomic E-state index is -0.308. The summed E-state index contributed by atoms with van der Waals surface area (Å²) in [5, 5.41) is 4.07. The number of nitrogens with zero attached hydrogens (tertiary/aromatic N) is 6. The lowest BCUT2D eigenvalue weighted by Crippen LogP contribution is -2.40. The number of aryl methyl sites for hydroxylation is 1. The number of carbonyl (C=O) groups is 2. The van der Waals surface area contributed by atoms with E-state index in [1.807, 2.05) is 31.3 Å². The lowest BCUT2D eigenvalue weighted by atomic mass is 9.96. The topological polar surface area (TPSA) is 104 Å². The van der Waals surface area contributed by atoms with Crippen LogP contribution in [0.15, 0.2) is 49.4 Å². The van der Waals surface area contributed by atoms with Crippen LogP contribution in [0.3, 0.4) is 0 Å². The Hall–Kier alpha value is -3.66. The fourth-order valence-corrected chi connectivity index (χ4v) is 5.81. The van der Waals surface area contributed by atoms with Gasteiger partial charge in [-0.05, 0) is 55.9 Å². The van der Waals surface area contributed by atoms with Crippen LogP contribution in [0, 0.1) is 12.8 Å². The molecule has 5 rings (SSSR count). The molecule has 0 bridgehead atoms. The molecule has 9 nitrogen and oxygen atoms in total. The van der Waals surface area contributed by atoms with E-state index in [4.69, 9.17) is 0 Å². The first-order valence-corrected chi connectivity index (χ1v) is 13.0. The maximum Gasteiger partial charge on any atom is 0.246 e. The molecule has 2 fully saturated rings. The monoisotopic (exact) mass is 503 g/mol. The molecule has 0 saturated carbocycles. The van der Waals surface area contributed by atoms with E-state index >= 15 is 0 Å². The molecule has 0 aliphatic carbocycles. The fraction of sp³-hybridized carbons (Fsp3) is 0.385. The van der Waals surface area contributed by atoms with Crippen molar-refractivity contribution in [3.05, 3.63) is 55.3 Å². The van der Waals surface area contributed by atoms with Gasteiger partial charge >= 0.3 is 0 Å². The van der Waals surface area contributed by atoms with Gasteiger partial charge in [0.2, 0.25) is 5.91 Å². The van der Waals surface area contributed by atoms with Gasteiger partial charge in [0, 0.05) is 50.7 Å².